The van der Waals surface area contributed by atoms with Gasteiger partial charge >= 0.3 is 0 Å². The fourth-order valence-corrected chi connectivity index (χ4v) is 6.40. The zero-order valence-corrected chi connectivity index (χ0v) is 21.3. The monoisotopic (exact) mass is 492 g/mol. The van der Waals surface area contributed by atoms with Crippen molar-refractivity contribution in [2.45, 2.75) is 38.8 Å². The van der Waals surface area contributed by atoms with E-state index in [1.807, 2.05) is 69.3 Å². The van der Waals surface area contributed by atoms with Crippen molar-refractivity contribution >= 4 is 23.6 Å². The van der Waals surface area contributed by atoms with Crippen LogP contribution < -0.4 is 4.74 Å². The maximum atomic E-state index is 14.6. The lowest BCUT2D eigenvalue weighted by Crippen LogP contribution is -2.45. The van der Waals surface area contributed by atoms with Gasteiger partial charge in [-0.15, -0.1) is 0 Å². The molecule has 0 unspecified atom stereocenters. The van der Waals surface area contributed by atoms with Crippen LogP contribution in [0.5, 0.6) is 5.75 Å². The van der Waals surface area contributed by atoms with Crippen molar-refractivity contribution in [3.63, 3.8) is 0 Å². The van der Waals surface area contributed by atoms with Gasteiger partial charge in [0.2, 0.25) is 0 Å². The van der Waals surface area contributed by atoms with Gasteiger partial charge in [-0.3, -0.25) is 19.4 Å². The fourth-order valence-electron chi connectivity index (χ4n) is 6.40. The molecule has 3 aliphatic rings. The van der Waals surface area contributed by atoms with Gasteiger partial charge in [0, 0.05) is 22.5 Å². The zero-order chi connectivity index (χ0) is 26.1. The number of hydrogen-bond acceptors (Lipinski definition) is 6. The van der Waals surface area contributed by atoms with Crippen LogP contribution in [0.15, 0.2) is 77.9 Å². The SMILES string of the molecule is COc1ccc([C@H]2[C@H](C(=O)C(C)(C)C)N3N=Cc4ccccc4[C@@H]3C23C(=O)c2ccccc2C3=O)cc1. The number of methoxy groups -OCH3 is 1. The van der Waals surface area contributed by atoms with E-state index in [-0.39, 0.29) is 17.3 Å². The first-order chi connectivity index (χ1) is 17.7. The Morgan fingerprint density at radius 2 is 1.49 bits per heavy atom. The highest BCUT2D eigenvalue weighted by Crippen LogP contribution is 2.65. The second kappa shape index (κ2) is 7.97. The fraction of sp³-hybridized carbons (Fsp3) is 0.290. The minimum Gasteiger partial charge on any atom is -0.497 e. The largest absolute Gasteiger partial charge is 0.497 e. The van der Waals surface area contributed by atoms with Gasteiger partial charge < -0.3 is 4.74 Å². The van der Waals surface area contributed by atoms with E-state index in [2.05, 4.69) is 0 Å². The lowest BCUT2D eigenvalue weighted by molar-refractivity contribution is -0.131. The van der Waals surface area contributed by atoms with Crippen molar-refractivity contribution in [3.05, 3.63) is 101 Å². The molecule has 3 atom stereocenters. The number of nitrogens with zero attached hydrogens (tertiary/aromatic N) is 2. The van der Waals surface area contributed by atoms with Crippen molar-refractivity contribution in [1.29, 1.82) is 0 Å². The number of hydrazone groups is 1. The van der Waals surface area contributed by atoms with E-state index in [1.54, 1.807) is 42.6 Å². The first kappa shape index (κ1) is 23.3. The Morgan fingerprint density at radius 3 is 2.08 bits per heavy atom. The number of ketones is 3. The molecule has 3 aromatic rings. The van der Waals surface area contributed by atoms with Gasteiger partial charge in [0.1, 0.15) is 17.2 Å². The standard InChI is InChI=1S/C31H28N2O4/c1-30(2,3)29(36)25-24(18-13-15-20(37-4)16-14-18)31(27(34)22-11-7-8-12-23(22)28(31)35)26-21-10-6-5-9-19(21)17-32-33(25)26/h5-17,24-26H,1-4H3/t24-,25+,26+/m0/s1. The summed E-state index contributed by atoms with van der Waals surface area (Å²) in [6.07, 6.45) is 1.73. The molecule has 6 rings (SSSR count). The Hall–Kier alpha value is -4.06. The van der Waals surface area contributed by atoms with Crippen LogP contribution >= 0.6 is 0 Å². The number of ether oxygens (including phenoxy) is 1. The van der Waals surface area contributed by atoms with E-state index in [0.29, 0.717) is 16.9 Å². The molecule has 1 spiro atoms. The average Bonchev–Trinajstić information content (AvgIpc) is 3.34. The second-order valence-corrected chi connectivity index (χ2v) is 11.0. The Labute approximate surface area is 215 Å². The number of rotatable bonds is 3. The summed E-state index contributed by atoms with van der Waals surface area (Å²) in [6, 6.07) is 20.5. The maximum Gasteiger partial charge on any atom is 0.180 e. The van der Waals surface area contributed by atoms with Gasteiger partial charge in [0.25, 0.3) is 0 Å². The molecule has 186 valence electrons. The predicted molar refractivity (Wildman–Crippen MR) is 140 cm³/mol. The highest BCUT2D eigenvalue weighted by atomic mass is 16.5. The van der Waals surface area contributed by atoms with E-state index in [4.69, 9.17) is 9.84 Å². The molecule has 0 saturated carbocycles. The van der Waals surface area contributed by atoms with Crippen LogP contribution in [0.2, 0.25) is 0 Å². The zero-order valence-electron chi connectivity index (χ0n) is 21.3. The normalized spacial score (nSPS) is 23.1. The summed E-state index contributed by atoms with van der Waals surface area (Å²) < 4.78 is 5.38. The van der Waals surface area contributed by atoms with Gasteiger partial charge in [-0.2, -0.15) is 5.10 Å². The molecule has 37 heavy (non-hydrogen) atoms. The minimum absolute atomic E-state index is 0.0664. The van der Waals surface area contributed by atoms with Gasteiger partial charge in [-0.25, -0.2) is 0 Å². The molecule has 0 N–H and O–H groups in total. The summed E-state index contributed by atoms with van der Waals surface area (Å²) in [5.41, 5.74) is 0.947. The lowest BCUT2D eigenvalue weighted by atomic mass is 9.62. The van der Waals surface area contributed by atoms with Crippen LogP contribution in [0.3, 0.4) is 0 Å². The van der Waals surface area contributed by atoms with E-state index in [0.717, 1.165) is 16.7 Å². The Bertz CT molecular complexity index is 1450. The summed E-state index contributed by atoms with van der Waals surface area (Å²) in [4.78, 5) is 43.4. The molecule has 1 saturated heterocycles. The lowest BCUT2D eigenvalue weighted by Gasteiger charge is -2.36. The summed E-state index contributed by atoms with van der Waals surface area (Å²) in [6.45, 7) is 5.61. The van der Waals surface area contributed by atoms with Crippen molar-refractivity contribution in [2.24, 2.45) is 15.9 Å². The van der Waals surface area contributed by atoms with Crippen molar-refractivity contribution < 1.29 is 19.1 Å². The molecule has 2 aliphatic heterocycles. The Balaban J connectivity index is 1.70. The first-order valence-electron chi connectivity index (χ1n) is 12.5. The van der Waals surface area contributed by atoms with Gasteiger partial charge in [-0.05, 0) is 28.8 Å². The second-order valence-electron chi connectivity index (χ2n) is 11.0. The number of hydrogen-bond donors (Lipinski definition) is 0. The first-order valence-corrected chi connectivity index (χ1v) is 12.5. The van der Waals surface area contributed by atoms with E-state index >= 15 is 0 Å². The van der Waals surface area contributed by atoms with Crippen molar-refractivity contribution in [3.8, 4) is 5.75 Å². The van der Waals surface area contributed by atoms with Crippen LogP contribution in [0.25, 0.3) is 0 Å². The molecular weight excluding hydrogens is 464 g/mol. The number of carbonyl (C=O) groups is 3. The molecule has 6 nitrogen and oxygen atoms in total. The van der Waals surface area contributed by atoms with Gasteiger partial charge in [0.05, 0.1) is 19.4 Å². The topological polar surface area (TPSA) is 76.0 Å². The molecule has 0 radical (unpaired) electrons. The number of benzene rings is 3. The Kier molecular flexibility index (Phi) is 5.03. The molecule has 0 amide bonds. The van der Waals surface area contributed by atoms with Crippen LogP contribution in [0.4, 0.5) is 0 Å². The molecule has 6 heteroatoms. The number of carbonyl (C=O) groups excluding carboxylic acids is 3. The van der Waals surface area contributed by atoms with Gasteiger partial charge in [0.15, 0.2) is 17.3 Å². The highest BCUT2D eigenvalue weighted by Gasteiger charge is 2.73. The molecule has 3 aromatic carbocycles. The third-order valence-electron chi connectivity index (χ3n) is 8.06. The number of Topliss-reactive ketones (excluding diaryl/α,β-unsaturated/α-hetero) is 3. The quantitative estimate of drug-likeness (QED) is 0.468. The summed E-state index contributed by atoms with van der Waals surface area (Å²) in [5.74, 6) is -0.655. The molecule has 1 aliphatic carbocycles. The van der Waals surface area contributed by atoms with Crippen molar-refractivity contribution in [1.82, 2.24) is 5.01 Å². The van der Waals surface area contributed by atoms with Crippen LogP contribution in [-0.2, 0) is 4.79 Å². The average molecular weight is 493 g/mol. The summed E-state index contributed by atoms with van der Waals surface area (Å²) in [7, 11) is 1.59. The Morgan fingerprint density at radius 1 is 0.892 bits per heavy atom. The van der Waals surface area contributed by atoms with Crippen LogP contribution in [0.1, 0.15) is 70.1 Å². The van der Waals surface area contributed by atoms with Crippen molar-refractivity contribution in [2.75, 3.05) is 7.11 Å². The van der Waals surface area contributed by atoms with E-state index in [9.17, 15) is 14.4 Å². The van der Waals surface area contributed by atoms with E-state index in [1.165, 1.54) is 0 Å². The third-order valence-corrected chi connectivity index (χ3v) is 8.06. The molecule has 2 heterocycles. The molecule has 0 aromatic heterocycles. The minimum atomic E-state index is -1.54. The van der Waals surface area contributed by atoms with E-state index < -0.39 is 28.8 Å². The predicted octanol–water partition coefficient (Wildman–Crippen LogP) is 5.23. The smallest absolute Gasteiger partial charge is 0.180 e. The summed E-state index contributed by atoms with van der Waals surface area (Å²) >= 11 is 0. The molecule has 1 fully saturated rings. The maximum absolute atomic E-state index is 14.6. The molecular formula is C31H28N2O4. The molecule has 0 bridgehead atoms. The summed E-state index contributed by atoms with van der Waals surface area (Å²) in [5, 5.41) is 6.51. The van der Waals surface area contributed by atoms with Gasteiger partial charge in [-0.1, -0.05) is 81.4 Å². The van der Waals surface area contributed by atoms with Crippen LogP contribution in [0, 0.1) is 10.8 Å². The highest BCUT2D eigenvalue weighted by molar-refractivity contribution is 6.31. The van der Waals surface area contributed by atoms with Crippen LogP contribution in [-0.4, -0.2) is 41.7 Å². The number of fused-ring (bicyclic) bond motifs is 5. The third kappa shape index (κ3) is 3.05.